The summed E-state index contributed by atoms with van der Waals surface area (Å²) in [5.74, 6) is 2.54. The molecular formula is C38H29ClN4O6. The molecule has 11 heteroatoms. The van der Waals surface area contributed by atoms with Crippen LogP contribution in [0, 0.1) is 0 Å². The van der Waals surface area contributed by atoms with Gasteiger partial charge in [-0.2, -0.15) is 0 Å². The zero-order valence-corrected chi connectivity index (χ0v) is 26.7. The average molecular weight is 673 g/mol. The van der Waals surface area contributed by atoms with Crippen molar-refractivity contribution in [2.24, 2.45) is 0 Å². The quantitative estimate of drug-likeness (QED) is 0.140. The third kappa shape index (κ3) is 8.51. The zero-order chi connectivity index (χ0) is 34.0. The van der Waals surface area contributed by atoms with Gasteiger partial charge < -0.3 is 24.7 Å². The Morgan fingerprint density at radius 2 is 1.18 bits per heavy atom. The van der Waals surface area contributed by atoms with Gasteiger partial charge in [0.15, 0.2) is 0 Å². The molecule has 244 valence electrons. The fraction of sp³-hybridized carbons (Fsp3) is 0.0526. The number of carbonyl (C=O) groups excluding carboxylic acids is 2. The number of aromatic nitrogens is 2. The normalized spacial score (nSPS) is 11.4. The second kappa shape index (κ2) is 15.5. The maximum Gasteiger partial charge on any atom is 0.417 e. The van der Waals surface area contributed by atoms with E-state index < -0.39 is 11.5 Å². The average Bonchev–Trinajstić information content (AvgIpc) is 3.12. The van der Waals surface area contributed by atoms with Crippen LogP contribution < -0.4 is 30.0 Å². The molecule has 0 radical (unpaired) electrons. The number of ether oxygens (including phenoxy) is 4. The Balaban J connectivity index is 0.000000142. The number of nitrogens with zero attached hydrogens (tertiary/aromatic N) is 2. The van der Waals surface area contributed by atoms with Crippen molar-refractivity contribution in [3.8, 4) is 45.3 Å². The summed E-state index contributed by atoms with van der Waals surface area (Å²) in [6, 6.07) is 32.8. The highest BCUT2D eigenvalue weighted by atomic mass is 35.5. The Morgan fingerprint density at radius 3 is 1.76 bits per heavy atom. The van der Waals surface area contributed by atoms with Crippen LogP contribution in [0.25, 0.3) is 22.3 Å². The van der Waals surface area contributed by atoms with Gasteiger partial charge in [0.25, 0.3) is 0 Å². The number of amides is 1. The third-order valence-corrected chi connectivity index (χ3v) is 7.36. The van der Waals surface area contributed by atoms with Crippen LogP contribution in [0.2, 0.25) is 0 Å². The molecule has 0 bridgehead atoms. The van der Waals surface area contributed by atoms with Crippen LogP contribution >= 0.6 is 11.6 Å². The van der Waals surface area contributed by atoms with Crippen LogP contribution in [0.3, 0.4) is 0 Å². The van der Waals surface area contributed by atoms with E-state index in [2.05, 4.69) is 20.0 Å². The van der Waals surface area contributed by atoms with Crippen LogP contribution in [0.1, 0.15) is 11.1 Å². The first-order chi connectivity index (χ1) is 23.9. The predicted molar refractivity (Wildman–Crippen MR) is 187 cm³/mol. The highest BCUT2D eigenvalue weighted by Gasteiger charge is 2.19. The highest BCUT2D eigenvalue weighted by molar-refractivity contribution is 6.61. The van der Waals surface area contributed by atoms with E-state index >= 15 is 0 Å². The van der Waals surface area contributed by atoms with Crippen molar-refractivity contribution < 1.29 is 28.5 Å². The molecule has 4 aromatic carbocycles. The minimum absolute atomic E-state index is 0.461. The van der Waals surface area contributed by atoms with Gasteiger partial charge in [-0.1, -0.05) is 36.4 Å². The number of rotatable bonds is 3. The van der Waals surface area contributed by atoms with E-state index in [4.69, 9.17) is 31.5 Å². The molecule has 0 aliphatic carbocycles. The molecule has 1 amide bonds. The van der Waals surface area contributed by atoms with Crippen LogP contribution in [0.5, 0.6) is 23.0 Å². The van der Waals surface area contributed by atoms with Crippen LogP contribution in [-0.4, -0.2) is 21.5 Å². The second-order valence-corrected chi connectivity index (χ2v) is 10.9. The molecule has 0 atom stereocenters. The van der Waals surface area contributed by atoms with Crippen LogP contribution in [0.4, 0.5) is 21.0 Å². The van der Waals surface area contributed by atoms with Crippen molar-refractivity contribution in [3.05, 3.63) is 145 Å². The Hall–Kier alpha value is -6.39. The zero-order valence-electron chi connectivity index (χ0n) is 25.9. The molecule has 0 fully saturated rings. The van der Waals surface area contributed by atoms with Crippen LogP contribution in [-0.2, 0) is 13.2 Å². The number of carbonyl (C=O) groups is 2. The largest absolute Gasteiger partial charge is 0.488 e. The molecule has 8 rings (SSSR count). The first kappa shape index (κ1) is 32.5. The minimum Gasteiger partial charge on any atom is -0.488 e. The lowest BCUT2D eigenvalue weighted by Gasteiger charge is -2.21. The monoisotopic (exact) mass is 672 g/mol. The molecule has 10 nitrogen and oxygen atoms in total. The summed E-state index contributed by atoms with van der Waals surface area (Å²) in [5, 5.41) is 2.71. The lowest BCUT2D eigenvalue weighted by molar-refractivity contribution is 0.215. The number of hydrogen-bond acceptors (Lipinski definition) is 9. The first-order valence-corrected chi connectivity index (χ1v) is 15.4. The lowest BCUT2D eigenvalue weighted by Crippen LogP contribution is -2.17. The lowest BCUT2D eigenvalue weighted by atomic mass is 9.99. The van der Waals surface area contributed by atoms with Crippen LogP contribution in [0.15, 0.2) is 134 Å². The fourth-order valence-corrected chi connectivity index (χ4v) is 5.15. The van der Waals surface area contributed by atoms with Gasteiger partial charge in [-0.25, -0.2) is 9.59 Å². The maximum atomic E-state index is 12.0. The molecule has 3 N–H and O–H groups in total. The van der Waals surface area contributed by atoms with Gasteiger partial charge in [-0.05, 0) is 71.8 Å². The molecule has 2 aliphatic rings. The van der Waals surface area contributed by atoms with E-state index in [0.29, 0.717) is 30.4 Å². The summed E-state index contributed by atoms with van der Waals surface area (Å²) >= 11 is 4.95. The minimum atomic E-state index is -0.814. The number of nitrogen functional groups attached to an aromatic ring is 1. The number of anilines is 2. The van der Waals surface area contributed by atoms with Gasteiger partial charge >= 0.3 is 11.5 Å². The van der Waals surface area contributed by atoms with Crippen molar-refractivity contribution in [3.63, 3.8) is 0 Å². The van der Waals surface area contributed by atoms with Gasteiger partial charge in [0, 0.05) is 82.1 Å². The molecule has 0 saturated carbocycles. The van der Waals surface area contributed by atoms with E-state index in [1.165, 1.54) is 5.56 Å². The summed E-state index contributed by atoms with van der Waals surface area (Å²) in [6.07, 6.45) is 6.67. The molecule has 0 spiro atoms. The molecule has 0 unspecified atom stereocenters. The second-order valence-electron chi connectivity index (χ2n) is 10.6. The Morgan fingerprint density at radius 1 is 0.653 bits per heavy atom. The van der Waals surface area contributed by atoms with Gasteiger partial charge in [-0.3, -0.25) is 15.3 Å². The van der Waals surface area contributed by atoms with Crippen molar-refractivity contribution in [1.82, 2.24) is 9.97 Å². The number of pyridine rings is 2. The van der Waals surface area contributed by atoms with Crippen molar-refractivity contribution in [2.75, 3.05) is 11.1 Å². The number of benzene rings is 4. The summed E-state index contributed by atoms with van der Waals surface area (Å²) in [5.41, 5.74) is 12.8. The Kier molecular flexibility index (Phi) is 10.3. The molecule has 2 aromatic heterocycles. The Labute approximate surface area is 287 Å². The summed E-state index contributed by atoms with van der Waals surface area (Å²) in [6.45, 7) is 1.04. The predicted octanol–water partition coefficient (Wildman–Crippen LogP) is 8.90. The highest BCUT2D eigenvalue weighted by Crippen LogP contribution is 2.39. The SMILES string of the molecule is Nc1ccc2c(c1)OCc1cnccc1-2.O=C(Cl)Oc1ccccc1.O=C(Nc1ccc2c(c1)OCc1cnccc1-2)Oc1ccccc1. The number of para-hydroxylation sites is 2. The third-order valence-electron chi connectivity index (χ3n) is 7.28. The number of nitrogens with one attached hydrogen (secondary N) is 1. The molecule has 4 heterocycles. The summed E-state index contributed by atoms with van der Waals surface area (Å²) in [7, 11) is 0. The molecule has 2 aliphatic heterocycles. The first-order valence-electron chi connectivity index (χ1n) is 15.0. The van der Waals surface area contributed by atoms with E-state index in [1.807, 2.05) is 79.1 Å². The van der Waals surface area contributed by atoms with E-state index in [0.717, 1.165) is 45.0 Å². The number of hydrogen-bond donors (Lipinski definition) is 2. The van der Waals surface area contributed by atoms with Gasteiger partial charge in [0.1, 0.15) is 36.2 Å². The van der Waals surface area contributed by atoms with E-state index in [-0.39, 0.29) is 0 Å². The molecule has 49 heavy (non-hydrogen) atoms. The standard InChI is InChI=1S/C19H14N2O3.C12H10N2O.C7H5ClO2/c22-19(24-15-4-2-1-3-5-15)21-14-6-7-17-16-8-9-20-11-13(16)12-23-18(17)10-14;13-9-1-2-11-10-3-4-14-6-8(10)7-15-12(11)5-9;8-7(9)10-6-4-2-1-3-5-6/h1-11H,12H2,(H,21,22);1-6H,7,13H2;1-5H. The Bertz CT molecular complexity index is 2080. The molecule has 0 saturated heterocycles. The van der Waals surface area contributed by atoms with E-state index in [9.17, 15) is 9.59 Å². The summed E-state index contributed by atoms with van der Waals surface area (Å²) < 4.78 is 21.1. The van der Waals surface area contributed by atoms with Gasteiger partial charge in [-0.15, -0.1) is 0 Å². The van der Waals surface area contributed by atoms with Crippen molar-refractivity contribution in [1.29, 1.82) is 0 Å². The number of fused-ring (bicyclic) bond motifs is 6. The molecule has 6 aromatic rings. The van der Waals surface area contributed by atoms with Crippen molar-refractivity contribution in [2.45, 2.75) is 13.2 Å². The fourth-order valence-electron chi connectivity index (χ4n) is 5.06. The van der Waals surface area contributed by atoms with E-state index in [1.54, 1.807) is 54.9 Å². The number of halogens is 1. The smallest absolute Gasteiger partial charge is 0.417 e. The van der Waals surface area contributed by atoms with Gasteiger partial charge in [0.2, 0.25) is 0 Å². The summed E-state index contributed by atoms with van der Waals surface area (Å²) in [4.78, 5) is 30.3. The molecular weight excluding hydrogens is 644 g/mol. The number of nitrogens with two attached hydrogens (primary N) is 1. The maximum absolute atomic E-state index is 12.0. The topological polar surface area (TPSA) is 135 Å². The van der Waals surface area contributed by atoms with Gasteiger partial charge in [0.05, 0.1) is 0 Å². The van der Waals surface area contributed by atoms with Crippen molar-refractivity contribution >= 4 is 34.5 Å².